The highest BCUT2D eigenvalue weighted by molar-refractivity contribution is 6.06. The third-order valence-electron chi connectivity index (χ3n) is 4.57. The molecule has 4 rings (SSSR count). The second kappa shape index (κ2) is 4.94. The van der Waals surface area contributed by atoms with Crippen molar-refractivity contribution in [2.45, 2.75) is 37.8 Å². The Morgan fingerprint density at radius 3 is 2.57 bits per heavy atom. The van der Waals surface area contributed by atoms with Crippen LogP contribution in [0, 0.1) is 0 Å². The molecular formula is C15H20N8. The molecule has 1 spiro atoms. The van der Waals surface area contributed by atoms with Gasteiger partial charge >= 0.3 is 0 Å². The first kappa shape index (κ1) is 14.0. The highest BCUT2D eigenvalue weighted by Gasteiger charge is 2.42. The normalized spacial score (nSPS) is 20.7. The molecule has 0 unspecified atom stereocenters. The average Bonchev–Trinajstić information content (AvgIpc) is 2.86. The van der Waals surface area contributed by atoms with Crippen LogP contribution < -0.4 is 16.4 Å². The van der Waals surface area contributed by atoms with Crippen molar-refractivity contribution in [2.75, 3.05) is 4.90 Å². The number of hydrogen-bond donors (Lipinski definition) is 2. The summed E-state index contributed by atoms with van der Waals surface area (Å²) in [5.41, 5.74) is 14.3. The van der Waals surface area contributed by atoms with Gasteiger partial charge in [0.1, 0.15) is 16.7 Å². The zero-order valence-electron chi connectivity index (χ0n) is 13.1. The monoisotopic (exact) mass is 312 g/mol. The molecule has 2 heterocycles. The number of nitrogens with zero attached hydrogens (tertiary/aromatic N) is 6. The molecule has 2 aliphatic rings. The van der Waals surface area contributed by atoms with Crippen molar-refractivity contribution in [3.63, 3.8) is 0 Å². The molecule has 1 aliphatic carbocycles. The molecule has 0 amide bonds. The van der Waals surface area contributed by atoms with Crippen LogP contribution in [0.25, 0.3) is 11.0 Å². The second-order valence-electron chi connectivity index (χ2n) is 6.18. The zero-order valence-corrected chi connectivity index (χ0v) is 13.1. The van der Waals surface area contributed by atoms with E-state index in [1.807, 2.05) is 30.1 Å². The minimum absolute atomic E-state index is 0.265. The molecule has 4 N–H and O–H groups in total. The molecule has 8 heteroatoms. The Morgan fingerprint density at radius 1 is 1.04 bits per heavy atom. The second-order valence-corrected chi connectivity index (χ2v) is 6.18. The summed E-state index contributed by atoms with van der Waals surface area (Å²) in [6.07, 6.45) is 5.26. The SMILES string of the molecule is Cn1nc2ccc(N3C(N)=NC(N)=NC34CCCCC4)cc2n1. The number of benzene rings is 1. The van der Waals surface area contributed by atoms with Gasteiger partial charge in [-0.25, -0.2) is 4.99 Å². The van der Waals surface area contributed by atoms with Crippen molar-refractivity contribution in [3.05, 3.63) is 18.2 Å². The minimum atomic E-state index is -0.427. The first-order chi connectivity index (χ1) is 11.1. The van der Waals surface area contributed by atoms with E-state index in [1.165, 1.54) is 6.42 Å². The smallest absolute Gasteiger partial charge is 0.220 e. The van der Waals surface area contributed by atoms with Crippen LogP contribution in [-0.4, -0.2) is 32.6 Å². The number of hydrogen-bond acceptors (Lipinski definition) is 7. The largest absolute Gasteiger partial charge is 0.369 e. The fraction of sp³-hybridized carbons (Fsp3) is 0.467. The zero-order chi connectivity index (χ0) is 16.0. The fourth-order valence-corrected chi connectivity index (χ4v) is 3.64. The van der Waals surface area contributed by atoms with Crippen LogP contribution in [0.3, 0.4) is 0 Å². The third-order valence-corrected chi connectivity index (χ3v) is 4.57. The molecule has 23 heavy (non-hydrogen) atoms. The summed E-state index contributed by atoms with van der Waals surface area (Å²) in [5, 5.41) is 8.69. The number of nitrogens with two attached hydrogens (primary N) is 2. The summed E-state index contributed by atoms with van der Waals surface area (Å²) in [5.74, 6) is 0.656. The predicted molar refractivity (Wildman–Crippen MR) is 90.0 cm³/mol. The Bertz CT molecular complexity index is 812. The lowest BCUT2D eigenvalue weighted by Crippen LogP contribution is -2.58. The molecule has 0 bridgehead atoms. The Kier molecular flexibility index (Phi) is 3.00. The molecule has 0 radical (unpaired) electrons. The number of aryl methyl sites for hydroxylation is 1. The van der Waals surface area contributed by atoms with Gasteiger partial charge in [-0.1, -0.05) is 6.42 Å². The van der Waals surface area contributed by atoms with Crippen molar-refractivity contribution in [1.29, 1.82) is 0 Å². The van der Waals surface area contributed by atoms with Gasteiger partial charge in [-0.2, -0.15) is 20.0 Å². The van der Waals surface area contributed by atoms with E-state index in [0.29, 0.717) is 5.96 Å². The summed E-state index contributed by atoms with van der Waals surface area (Å²) in [6.45, 7) is 0. The topological polar surface area (TPSA) is 111 Å². The van der Waals surface area contributed by atoms with E-state index in [9.17, 15) is 0 Å². The predicted octanol–water partition coefficient (Wildman–Crippen LogP) is 1.08. The quantitative estimate of drug-likeness (QED) is 0.818. The molecule has 120 valence electrons. The lowest BCUT2D eigenvalue weighted by Gasteiger charge is -2.45. The van der Waals surface area contributed by atoms with Gasteiger partial charge in [-0.3, -0.25) is 4.90 Å². The summed E-state index contributed by atoms with van der Waals surface area (Å²) in [7, 11) is 1.81. The molecule has 2 aromatic rings. The molecule has 0 atom stereocenters. The van der Waals surface area contributed by atoms with Crippen LogP contribution in [0.4, 0.5) is 5.69 Å². The van der Waals surface area contributed by atoms with Crippen molar-refractivity contribution >= 4 is 28.6 Å². The molecule has 1 aromatic heterocycles. The molecule has 1 aliphatic heterocycles. The molecule has 0 saturated heterocycles. The van der Waals surface area contributed by atoms with Crippen molar-refractivity contribution in [2.24, 2.45) is 28.5 Å². The van der Waals surface area contributed by atoms with Gasteiger partial charge in [0, 0.05) is 12.7 Å². The standard InChI is InChI=1S/C15H20N8/c1-22-20-11-6-5-10(9-12(11)21-22)23-14(17)18-13(16)19-15(23)7-3-2-4-8-15/h5-6,9H,2-4,7-8H2,1H3,(H4,16,17,18,19). The summed E-state index contributed by atoms with van der Waals surface area (Å²) < 4.78 is 0. The van der Waals surface area contributed by atoms with Gasteiger partial charge in [0.15, 0.2) is 0 Å². The van der Waals surface area contributed by atoms with E-state index >= 15 is 0 Å². The van der Waals surface area contributed by atoms with Gasteiger partial charge in [0.25, 0.3) is 0 Å². The maximum absolute atomic E-state index is 6.23. The minimum Gasteiger partial charge on any atom is -0.369 e. The molecule has 1 saturated carbocycles. The Labute approximate surface area is 133 Å². The maximum Gasteiger partial charge on any atom is 0.220 e. The number of aliphatic imine (C=N–C) groups is 2. The van der Waals surface area contributed by atoms with Gasteiger partial charge < -0.3 is 11.5 Å². The van der Waals surface area contributed by atoms with E-state index in [-0.39, 0.29) is 5.96 Å². The number of aromatic nitrogens is 3. The van der Waals surface area contributed by atoms with Gasteiger partial charge in [-0.15, -0.1) is 0 Å². The number of anilines is 1. The Morgan fingerprint density at radius 2 is 1.78 bits per heavy atom. The Balaban J connectivity index is 1.83. The highest BCUT2D eigenvalue weighted by atomic mass is 15.5. The van der Waals surface area contributed by atoms with Gasteiger partial charge in [0.05, 0.1) is 0 Å². The van der Waals surface area contributed by atoms with Crippen molar-refractivity contribution < 1.29 is 0 Å². The van der Waals surface area contributed by atoms with Gasteiger partial charge in [-0.05, 0) is 43.9 Å². The molecule has 1 aromatic carbocycles. The molecule has 1 fully saturated rings. The highest BCUT2D eigenvalue weighted by Crippen LogP contribution is 2.39. The van der Waals surface area contributed by atoms with Crippen LogP contribution in [0.5, 0.6) is 0 Å². The maximum atomic E-state index is 6.23. The first-order valence-electron chi connectivity index (χ1n) is 7.88. The van der Waals surface area contributed by atoms with Gasteiger partial charge in [0.2, 0.25) is 11.9 Å². The third kappa shape index (κ3) is 2.21. The van der Waals surface area contributed by atoms with E-state index in [1.54, 1.807) is 4.80 Å². The summed E-state index contributed by atoms with van der Waals surface area (Å²) >= 11 is 0. The first-order valence-corrected chi connectivity index (χ1v) is 7.88. The van der Waals surface area contributed by atoms with Crippen LogP contribution >= 0.6 is 0 Å². The lowest BCUT2D eigenvalue weighted by molar-refractivity contribution is 0.305. The average molecular weight is 312 g/mol. The summed E-state index contributed by atoms with van der Waals surface area (Å²) in [6, 6.07) is 5.92. The van der Waals surface area contributed by atoms with E-state index in [4.69, 9.17) is 11.5 Å². The summed E-state index contributed by atoms with van der Waals surface area (Å²) in [4.78, 5) is 12.4. The fourth-order valence-electron chi connectivity index (χ4n) is 3.64. The van der Waals surface area contributed by atoms with Crippen LogP contribution in [0.15, 0.2) is 28.2 Å². The lowest BCUT2D eigenvalue weighted by atomic mass is 9.87. The molecule has 8 nitrogen and oxygen atoms in total. The van der Waals surface area contributed by atoms with E-state index < -0.39 is 5.66 Å². The number of rotatable bonds is 1. The van der Waals surface area contributed by atoms with Crippen LogP contribution in [0.1, 0.15) is 32.1 Å². The number of fused-ring (bicyclic) bond motifs is 1. The van der Waals surface area contributed by atoms with Crippen molar-refractivity contribution in [1.82, 2.24) is 15.0 Å². The van der Waals surface area contributed by atoms with Crippen LogP contribution in [0.2, 0.25) is 0 Å². The molecular weight excluding hydrogens is 292 g/mol. The van der Waals surface area contributed by atoms with E-state index in [0.717, 1.165) is 42.4 Å². The van der Waals surface area contributed by atoms with Crippen molar-refractivity contribution in [3.8, 4) is 0 Å². The van der Waals surface area contributed by atoms with Crippen LogP contribution in [-0.2, 0) is 7.05 Å². The number of guanidine groups is 2. The Hall–Kier alpha value is -2.64. The van der Waals surface area contributed by atoms with E-state index in [2.05, 4.69) is 20.2 Å².